The van der Waals surface area contributed by atoms with E-state index < -0.39 is 67.3 Å². The van der Waals surface area contributed by atoms with Gasteiger partial charge in [0.25, 0.3) is 0 Å². The van der Waals surface area contributed by atoms with Crippen molar-refractivity contribution in [1.82, 2.24) is 0 Å². The normalized spacial score (nSPS) is 19.0. The molecule has 12 heteroatoms. The summed E-state index contributed by atoms with van der Waals surface area (Å²) in [5.74, 6) is -3.17. The minimum Gasteiger partial charge on any atom is -0.479 e. The smallest absolute Gasteiger partial charge is 0.335 e. The summed E-state index contributed by atoms with van der Waals surface area (Å²) in [6.45, 7) is 5.77. The number of hydrogen-bond donors (Lipinski definition) is 3. The van der Waals surface area contributed by atoms with E-state index in [1.807, 2.05) is 0 Å². The molecule has 0 aliphatic carbocycles. The second kappa shape index (κ2) is 47.2. The maximum Gasteiger partial charge on any atom is 0.335 e. The van der Waals surface area contributed by atoms with Gasteiger partial charge in [-0.05, 0) is 89.9 Å². The van der Waals surface area contributed by atoms with E-state index >= 15 is 0 Å². The van der Waals surface area contributed by atoms with Crippen molar-refractivity contribution in [3.63, 3.8) is 0 Å². The van der Waals surface area contributed by atoms with Crippen molar-refractivity contribution in [2.45, 2.75) is 263 Å². The van der Waals surface area contributed by atoms with Crippen molar-refractivity contribution >= 4 is 23.9 Å². The highest BCUT2D eigenvalue weighted by Gasteiger charge is 2.50. The molecule has 6 atom stereocenters. The van der Waals surface area contributed by atoms with Gasteiger partial charge in [-0.25, -0.2) is 4.79 Å². The average Bonchev–Trinajstić information content (AvgIpc) is 3.35. The number of allylic oxidation sites excluding steroid dienone is 12. The van der Waals surface area contributed by atoms with Gasteiger partial charge >= 0.3 is 23.9 Å². The molecular formula is C59H98O12. The van der Waals surface area contributed by atoms with E-state index in [0.29, 0.717) is 19.3 Å². The predicted molar refractivity (Wildman–Crippen MR) is 285 cm³/mol. The molecular weight excluding hydrogens is 901 g/mol. The number of carbonyl (C=O) groups is 4. The molecule has 71 heavy (non-hydrogen) atoms. The number of hydrogen-bond acceptors (Lipinski definition) is 11. The van der Waals surface area contributed by atoms with Gasteiger partial charge in [-0.15, -0.1) is 0 Å². The van der Waals surface area contributed by atoms with Crippen LogP contribution in [-0.2, 0) is 42.9 Å². The molecule has 1 saturated heterocycles. The van der Waals surface area contributed by atoms with Crippen molar-refractivity contribution in [3.05, 3.63) is 72.9 Å². The molecule has 0 aromatic heterocycles. The van der Waals surface area contributed by atoms with E-state index in [1.54, 1.807) is 0 Å². The number of aliphatic hydroxyl groups excluding tert-OH is 2. The number of carboxylic acid groups (broad SMARTS) is 1. The first kappa shape index (κ1) is 65.2. The first-order chi connectivity index (χ1) is 34.6. The zero-order valence-corrected chi connectivity index (χ0v) is 44.4. The Bertz CT molecular complexity index is 1510. The Labute approximate surface area is 429 Å². The van der Waals surface area contributed by atoms with Crippen LogP contribution in [0.15, 0.2) is 72.9 Å². The molecule has 1 rings (SSSR count). The fraction of sp³-hybridized carbons (Fsp3) is 0.729. The summed E-state index contributed by atoms with van der Waals surface area (Å²) in [7, 11) is 0. The average molecular weight is 999 g/mol. The first-order valence-corrected chi connectivity index (χ1v) is 27.9. The molecule has 1 heterocycles. The highest BCUT2D eigenvalue weighted by atomic mass is 16.7. The second-order valence-corrected chi connectivity index (χ2v) is 18.8. The van der Waals surface area contributed by atoms with Gasteiger partial charge in [0, 0.05) is 19.3 Å². The largest absolute Gasteiger partial charge is 0.479 e. The maximum absolute atomic E-state index is 13.1. The summed E-state index contributed by atoms with van der Waals surface area (Å²) >= 11 is 0. The monoisotopic (exact) mass is 999 g/mol. The number of ether oxygens (including phenoxy) is 5. The Morgan fingerprint density at radius 2 is 0.887 bits per heavy atom. The Morgan fingerprint density at radius 3 is 1.38 bits per heavy atom. The molecule has 0 amide bonds. The van der Waals surface area contributed by atoms with Gasteiger partial charge < -0.3 is 39.0 Å². The fourth-order valence-electron chi connectivity index (χ4n) is 7.98. The van der Waals surface area contributed by atoms with Gasteiger partial charge in [0.2, 0.25) is 0 Å². The zero-order valence-electron chi connectivity index (χ0n) is 44.4. The van der Waals surface area contributed by atoms with Crippen molar-refractivity contribution in [2.75, 3.05) is 13.2 Å². The van der Waals surface area contributed by atoms with Crippen LogP contribution in [0.3, 0.4) is 0 Å². The Balaban J connectivity index is 2.73. The molecule has 1 aliphatic rings. The summed E-state index contributed by atoms with van der Waals surface area (Å²) in [6.07, 6.45) is 46.0. The van der Waals surface area contributed by atoms with Crippen molar-refractivity contribution in [2.24, 2.45) is 0 Å². The van der Waals surface area contributed by atoms with E-state index in [4.69, 9.17) is 23.7 Å². The third-order valence-corrected chi connectivity index (χ3v) is 12.3. The molecule has 12 nitrogen and oxygen atoms in total. The topological polar surface area (TPSA) is 175 Å². The molecule has 0 radical (unpaired) electrons. The van der Waals surface area contributed by atoms with E-state index in [-0.39, 0.29) is 25.9 Å². The summed E-state index contributed by atoms with van der Waals surface area (Å²) < 4.78 is 28.3. The molecule has 0 bridgehead atoms. The molecule has 0 aromatic rings. The SMILES string of the molecule is CC/C=C\C/C=C\C/C=C\C/C=C\CCCCCCC(=O)OCC(COC1OC(C(=O)O)C(O)C(O)C1OC(=O)CCCCCCCCCCC)OC(=O)CCCCCCC/C=C\C/C=C\CCCCC. The number of carbonyl (C=O) groups excluding carboxylic acids is 3. The van der Waals surface area contributed by atoms with E-state index in [9.17, 15) is 34.5 Å². The fourth-order valence-corrected chi connectivity index (χ4v) is 7.98. The molecule has 1 aliphatic heterocycles. The zero-order chi connectivity index (χ0) is 51.8. The summed E-state index contributed by atoms with van der Waals surface area (Å²) in [5, 5.41) is 31.3. The lowest BCUT2D eigenvalue weighted by molar-refractivity contribution is -0.301. The Morgan fingerprint density at radius 1 is 0.479 bits per heavy atom. The number of aliphatic carboxylic acids is 1. The molecule has 1 fully saturated rings. The molecule has 3 N–H and O–H groups in total. The van der Waals surface area contributed by atoms with Crippen LogP contribution in [0.2, 0.25) is 0 Å². The highest BCUT2D eigenvalue weighted by molar-refractivity contribution is 5.74. The van der Waals surface area contributed by atoms with Crippen molar-refractivity contribution in [1.29, 1.82) is 0 Å². The number of carboxylic acids is 1. The lowest BCUT2D eigenvalue weighted by Crippen LogP contribution is -2.61. The van der Waals surface area contributed by atoms with Crippen LogP contribution in [0.1, 0.15) is 226 Å². The quantitative estimate of drug-likeness (QED) is 0.0228. The van der Waals surface area contributed by atoms with Gasteiger partial charge in [-0.1, -0.05) is 190 Å². The number of esters is 3. The highest BCUT2D eigenvalue weighted by Crippen LogP contribution is 2.26. The molecule has 6 unspecified atom stereocenters. The van der Waals surface area contributed by atoms with Gasteiger partial charge in [0.05, 0.1) is 6.61 Å². The lowest BCUT2D eigenvalue weighted by Gasteiger charge is -2.40. The van der Waals surface area contributed by atoms with Crippen LogP contribution in [0.4, 0.5) is 0 Å². The van der Waals surface area contributed by atoms with Crippen LogP contribution in [-0.4, -0.2) is 89.2 Å². The number of aliphatic hydroxyl groups is 2. The number of rotatable bonds is 46. The molecule has 406 valence electrons. The van der Waals surface area contributed by atoms with Crippen molar-refractivity contribution in [3.8, 4) is 0 Å². The summed E-state index contributed by atoms with van der Waals surface area (Å²) in [4.78, 5) is 50.9. The Hall–Kier alpha value is -3.84. The third kappa shape index (κ3) is 37.6. The first-order valence-electron chi connectivity index (χ1n) is 27.9. The molecule has 0 saturated carbocycles. The second-order valence-electron chi connectivity index (χ2n) is 18.8. The van der Waals surface area contributed by atoms with E-state index in [1.165, 1.54) is 44.9 Å². The van der Waals surface area contributed by atoms with Crippen LogP contribution in [0.5, 0.6) is 0 Å². The van der Waals surface area contributed by atoms with Gasteiger partial charge in [-0.2, -0.15) is 0 Å². The summed E-state index contributed by atoms with van der Waals surface area (Å²) in [6, 6.07) is 0. The third-order valence-electron chi connectivity index (χ3n) is 12.3. The molecule has 0 aromatic carbocycles. The van der Waals surface area contributed by atoms with Crippen LogP contribution in [0.25, 0.3) is 0 Å². The molecule has 0 spiro atoms. The minimum absolute atomic E-state index is 0.0554. The van der Waals surface area contributed by atoms with Crippen LogP contribution in [0, 0.1) is 0 Å². The Kier molecular flexibility index (Phi) is 43.3. The van der Waals surface area contributed by atoms with Crippen LogP contribution < -0.4 is 0 Å². The van der Waals surface area contributed by atoms with Gasteiger partial charge in [0.1, 0.15) is 18.8 Å². The van der Waals surface area contributed by atoms with E-state index in [0.717, 1.165) is 122 Å². The van der Waals surface area contributed by atoms with Gasteiger partial charge in [-0.3, -0.25) is 14.4 Å². The minimum atomic E-state index is -1.91. The van der Waals surface area contributed by atoms with Crippen LogP contribution >= 0.6 is 0 Å². The number of unbranched alkanes of at least 4 members (excludes halogenated alkanes) is 20. The standard InChI is InChI=1S/C59H98O12/c1-4-7-10-13-16-19-21-23-25-26-28-29-31-34-36-39-42-45-51(60)67-48-50(69-52(61)46-43-40-38-35-32-30-27-24-22-20-17-14-11-8-5-2)49-68-59-57(55(64)54(63)56(71-59)58(65)66)70-53(62)47-44-41-37-33-18-15-12-9-6-3/h7,10,16-17,19-20,23-25,27-29,50,54-57,59,63-64H,4-6,8-9,11-15,18,21-22,26,30-49H2,1-3H3,(H,65,66)/b10-7-,19-16-,20-17-,25-23-,27-24-,29-28-. The maximum atomic E-state index is 13.1. The predicted octanol–water partition coefficient (Wildman–Crippen LogP) is 13.8. The van der Waals surface area contributed by atoms with Crippen molar-refractivity contribution < 1.29 is 58.2 Å². The van der Waals surface area contributed by atoms with E-state index in [2.05, 4.69) is 93.7 Å². The summed E-state index contributed by atoms with van der Waals surface area (Å²) in [5.41, 5.74) is 0. The lowest BCUT2D eigenvalue weighted by atomic mass is 9.98. The van der Waals surface area contributed by atoms with Gasteiger partial charge in [0.15, 0.2) is 24.6 Å².